The van der Waals surface area contributed by atoms with Crippen molar-refractivity contribution >= 4 is 52.5 Å². The number of thioether (sulfide) groups is 1. The van der Waals surface area contributed by atoms with Gasteiger partial charge in [-0.15, -0.1) is 11.8 Å². The molecule has 12 heteroatoms. The van der Waals surface area contributed by atoms with E-state index < -0.39 is 63.9 Å². The number of carboxylic acids is 1. The van der Waals surface area contributed by atoms with Crippen molar-refractivity contribution in [1.29, 1.82) is 0 Å². The van der Waals surface area contributed by atoms with Crippen molar-refractivity contribution in [3.63, 3.8) is 0 Å². The van der Waals surface area contributed by atoms with E-state index in [2.05, 4.69) is 10.6 Å². The molecule has 0 aliphatic heterocycles. The predicted octanol–water partition coefficient (Wildman–Crippen LogP) is 7.83. The molecule has 0 radical (unpaired) electrons. The zero-order valence-corrected chi connectivity index (χ0v) is 34.3. The molecular weight excluding hydrogens is 779 g/mol. The Bertz CT molecular complexity index is 2340. The molecule has 0 bridgehead atoms. The smallest absolute Gasteiger partial charge is 0.416 e. The van der Waals surface area contributed by atoms with Crippen LogP contribution in [-0.4, -0.2) is 67.6 Å². The standard InChI is InChI=1S/C48H47N3O8S/c1-47(2,3)59-42(52)30-38(43(53)50-39(45(55)56)29-33-31-51(46(57)58)40-27-17-16-26-37(33)40)49-44(54)41(28-32-18-8-4-9-19-32)60-48(34-20-10-5-11-21-34,35-22-12-6-13-23-35)36-24-14-7-15-25-36/h4-27,31,38-39,41H,28-30H2,1-3H3,(H,49,54)(H,50,53)(H,55,56)(H,57,58). The van der Waals surface area contributed by atoms with Crippen LogP contribution < -0.4 is 10.6 Å². The molecule has 0 saturated carbocycles. The summed E-state index contributed by atoms with van der Waals surface area (Å²) >= 11 is 1.40. The third-order valence-corrected chi connectivity index (χ3v) is 11.6. The minimum absolute atomic E-state index is 0.234. The predicted molar refractivity (Wildman–Crippen MR) is 232 cm³/mol. The molecular formula is C48H47N3O8S. The second kappa shape index (κ2) is 18.9. The largest absolute Gasteiger partial charge is 0.480 e. The second-order valence-corrected chi connectivity index (χ2v) is 16.8. The van der Waals surface area contributed by atoms with Crippen LogP contribution in [0.3, 0.4) is 0 Å². The first kappa shape index (κ1) is 42.9. The maximum atomic E-state index is 15.0. The number of aliphatic carboxylic acids is 1. The third kappa shape index (κ3) is 10.3. The molecule has 2 amide bonds. The average molecular weight is 826 g/mol. The van der Waals surface area contributed by atoms with Crippen LogP contribution in [0.2, 0.25) is 0 Å². The Morgan fingerprint density at radius 2 is 1.12 bits per heavy atom. The highest BCUT2D eigenvalue weighted by atomic mass is 32.2. The van der Waals surface area contributed by atoms with E-state index in [1.807, 2.05) is 121 Å². The normalized spacial score (nSPS) is 13.1. The lowest BCUT2D eigenvalue weighted by molar-refractivity contribution is -0.156. The maximum absolute atomic E-state index is 15.0. The second-order valence-electron chi connectivity index (χ2n) is 15.4. The molecule has 0 spiro atoms. The van der Waals surface area contributed by atoms with Gasteiger partial charge >= 0.3 is 18.0 Å². The number of carbonyl (C=O) groups is 5. The molecule has 6 rings (SSSR count). The summed E-state index contributed by atoms with van der Waals surface area (Å²) in [6.45, 7) is 5.03. The van der Waals surface area contributed by atoms with Crippen LogP contribution >= 0.6 is 11.8 Å². The lowest BCUT2D eigenvalue weighted by Gasteiger charge is -2.38. The van der Waals surface area contributed by atoms with E-state index in [0.717, 1.165) is 26.8 Å². The molecule has 3 unspecified atom stereocenters. The number of amides is 2. The van der Waals surface area contributed by atoms with Crippen LogP contribution in [0.4, 0.5) is 4.79 Å². The molecule has 0 aliphatic rings. The van der Waals surface area contributed by atoms with E-state index in [9.17, 15) is 34.2 Å². The van der Waals surface area contributed by atoms with Crippen LogP contribution in [0, 0.1) is 0 Å². The molecule has 0 saturated heterocycles. The first-order valence-electron chi connectivity index (χ1n) is 19.5. The van der Waals surface area contributed by atoms with Crippen molar-refractivity contribution in [2.24, 2.45) is 0 Å². The number of carbonyl (C=O) groups excluding carboxylic acids is 3. The van der Waals surface area contributed by atoms with Crippen LogP contribution in [0.5, 0.6) is 0 Å². The highest BCUT2D eigenvalue weighted by Crippen LogP contribution is 2.50. The van der Waals surface area contributed by atoms with Crippen molar-refractivity contribution in [3.8, 4) is 0 Å². The van der Waals surface area contributed by atoms with Gasteiger partial charge in [0.1, 0.15) is 17.7 Å². The fourth-order valence-electron chi connectivity index (χ4n) is 7.24. The number of hydrogen-bond donors (Lipinski definition) is 4. The van der Waals surface area contributed by atoms with Gasteiger partial charge in [-0.25, -0.2) is 9.59 Å². The third-order valence-electron chi connectivity index (χ3n) is 9.88. The molecule has 1 heterocycles. The number of nitrogens with one attached hydrogen (secondary N) is 2. The number of nitrogens with zero attached hydrogens (tertiary/aromatic N) is 1. The average Bonchev–Trinajstić information content (AvgIpc) is 3.61. The Kier molecular flexibility index (Phi) is 13.6. The topological polar surface area (TPSA) is 164 Å². The monoisotopic (exact) mass is 825 g/mol. The Hall–Kier alpha value is -6.66. The number of ether oxygens (including phenoxy) is 1. The molecule has 0 fully saturated rings. The number of benzene rings is 5. The molecule has 308 valence electrons. The van der Waals surface area contributed by atoms with Crippen molar-refractivity contribution in [2.45, 2.75) is 67.7 Å². The number of aromatic nitrogens is 1. The van der Waals surface area contributed by atoms with Crippen molar-refractivity contribution < 1.29 is 38.9 Å². The van der Waals surface area contributed by atoms with Gasteiger partial charge in [0.2, 0.25) is 11.8 Å². The van der Waals surface area contributed by atoms with Gasteiger partial charge in [0.25, 0.3) is 0 Å². The lowest BCUT2D eigenvalue weighted by atomic mass is 9.84. The Morgan fingerprint density at radius 1 is 0.633 bits per heavy atom. The van der Waals surface area contributed by atoms with Crippen LogP contribution in [0.1, 0.15) is 55.0 Å². The van der Waals surface area contributed by atoms with Crippen molar-refractivity contribution in [2.75, 3.05) is 0 Å². The lowest BCUT2D eigenvalue weighted by Crippen LogP contribution is -2.54. The maximum Gasteiger partial charge on any atom is 0.416 e. The van der Waals surface area contributed by atoms with Gasteiger partial charge in [0, 0.05) is 18.0 Å². The molecule has 4 N–H and O–H groups in total. The number of fused-ring (bicyclic) bond motifs is 1. The van der Waals surface area contributed by atoms with E-state index in [-0.39, 0.29) is 12.8 Å². The van der Waals surface area contributed by atoms with E-state index in [4.69, 9.17) is 4.74 Å². The summed E-state index contributed by atoms with van der Waals surface area (Å²) < 4.78 is 5.63. The minimum atomic E-state index is -1.56. The highest BCUT2D eigenvalue weighted by Gasteiger charge is 2.42. The van der Waals surface area contributed by atoms with Gasteiger partial charge in [0.05, 0.1) is 21.9 Å². The Morgan fingerprint density at radius 3 is 1.62 bits per heavy atom. The van der Waals surface area contributed by atoms with Crippen LogP contribution in [0.15, 0.2) is 152 Å². The van der Waals surface area contributed by atoms with E-state index in [1.54, 1.807) is 45.0 Å². The van der Waals surface area contributed by atoms with Gasteiger partial charge in [-0.2, -0.15) is 0 Å². The number of para-hydroxylation sites is 1. The number of rotatable bonds is 16. The molecule has 5 aromatic carbocycles. The Labute approximate surface area is 352 Å². The molecule has 11 nitrogen and oxygen atoms in total. The van der Waals surface area contributed by atoms with Crippen molar-refractivity contribution in [1.82, 2.24) is 15.2 Å². The fourth-order valence-corrected chi connectivity index (χ4v) is 8.93. The summed E-state index contributed by atoms with van der Waals surface area (Å²) in [7, 11) is 0. The molecule has 3 atom stereocenters. The summed E-state index contributed by atoms with van der Waals surface area (Å²) in [6, 6.07) is 42.6. The van der Waals surface area contributed by atoms with Crippen LogP contribution in [-0.2, 0) is 41.5 Å². The quantitative estimate of drug-likeness (QED) is 0.0563. The Balaban J connectivity index is 1.39. The summed E-state index contributed by atoms with van der Waals surface area (Å²) in [6.07, 6.45) is -0.581. The molecule has 6 aromatic rings. The fraction of sp³-hybridized carbons (Fsp3) is 0.229. The summed E-state index contributed by atoms with van der Waals surface area (Å²) in [5, 5.41) is 25.1. The molecule has 0 aliphatic carbocycles. The summed E-state index contributed by atoms with van der Waals surface area (Å²) in [4.78, 5) is 67.4. The molecule has 60 heavy (non-hydrogen) atoms. The summed E-state index contributed by atoms with van der Waals surface area (Å²) in [5.74, 6) is -3.66. The highest BCUT2D eigenvalue weighted by molar-refractivity contribution is 8.02. The van der Waals surface area contributed by atoms with E-state index >= 15 is 0 Å². The van der Waals surface area contributed by atoms with Gasteiger partial charge in [0.15, 0.2) is 0 Å². The zero-order valence-electron chi connectivity index (χ0n) is 33.5. The van der Waals surface area contributed by atoms with Gasteiger partial charge in [-0.1, -0.05) is 140 Å². The number of hydrogen-bond acceptors (Lipinski definition) is 7. The first-order valence-corrected chi connectivity index (χ1v) is 20.4. The van der Waals surface area contributed by atoms with Gasteiger partial charge in [-0.05, 0) is 61.1 Å². The van der Waals surface area contributed by atoms with E-state index in [0.29, 0.717) is 16.5 Å². The van der Waals surface area contributed by atoms with Gasteiger partial charge in [-0.3, -0.25) is 19.0 Å². The minimum Gasteiger partial charge on any atom is -0.480 e. The summed E-state index contributed by atoms with van der Waals surface area (Å²) in [5.41, 5.74) is 3.39. The first-order chi connectivity index (χ1) is 28.7. The van der Waals surface area contributed by atoms with Crippen LogP contribution in [0.25, 0.3) is 10.9 Å². The SMILES string of the molecule is CC(C)(C)OC(=O)CC(NC(=O)C(Cc1ccccc1)SC(c1ccccc1)(c1ccccc1)c1ccccc1)C(=O)NC(Cc1cn(C(=O)O)c2ccccc12)C(=O)O. The molecule has 1 aromatic heterocycles. The number of esters is 1. The van der Waals surface area contributed by atoms with Crippen molar-refractivity contribution in [3.05, 3.63) is 180 Å². The van der Waals surface area contributed by atoms with Gasteiger partial charge < -0.3 is 25.6 Å². The zero-order chi connectivity index (χ0) is 42.9. The number of carboxylic acid groups (broad SMARTS) is 2. The van der Waals surface area contributed by atoms with E-state index in [1.165, 1.54) is 18.0 Å².